The highest BCUT2D eigenvalue weighted by molar-refractivity contribution is 7.21. The summed E-state index contributed by atoms with van der Waals surface area (Å²) in [7, 11) is 0. The maximum atomic E-state index is 11.9. The van der Waals surface area contributed by atoms with Crippen LogP contribution in [0.2, 0.25) is 0 Å². The van der Waals surface area contributed by atoms with Crippen LogP contribution in [0.15, 0.2) is 18.3 Å². The van der Waals surface area contributed by atoms with Crippen molar-refractivity contribution in [2.45, 2.75) is 13.0 Å². The number of rotatable bonds is 3. The maximum absolute atomic E-state index is 11.9. The Morgan fingerprint density at radius 1 is 1.71 bits per heavy atom. The standard InChI is InChI=1S/C11H13N3O2S/c1-6(5-15)14-11(16)10-8(12)9-7(17-10)3-2-4-13-9/h2-4,6,15H,5,12H2,1H3,(H,14,16). The van der Waals surface area contributed by atoms with E-state index in [4.69, 9.17) is 10.8 Å². The van der Waals surface area contributed by atoms with Crippen molar-refractivity contribution in [1.82, 2.24) is 10.3 Å². The van der Waals surface area contributed by atoms with Gasteiger partial charge >= 0.3 is 0 Å². The number of aliphatic hydroxyl groups excluding tert-OH is 1. The van der Waals surface area contributed by atoms with E-state index in [1.165, 1.54) is 11.3 Å². The average Bonchev–Trinajstić information content (AvgIpc) is 2.67. The van der Waals surface area contributed by atoms with E-state index in [1.54, 1.807) is 19.2 Å². The summed E-state index contributed by atoms with van der Waals surface area (Å²) >= 11 is 1.30. The van der Waals surface area contributed by atoms with Crippen molar-refractivity contribution in [3.05, 3.63) is 23.2 Å². The lowest BCUT2D eigenvalue weighted by molar-refractivity contribution is 0.0927. The first-order valence-electron chi connectivity index (χ1n) is 5.18. The van der Waals surface area contributed by atoms with Gasteiger partial charge in [0.05, 0.1) is 17.0 Å². The van der Waals surface area contributed by atoms with Crippen molar-refractivity contribution in [3.63, 3.8) is 0 Å². The van der Waals surface area contributed by atoms with E-state index < -0.39 is 0 Å². The maximum Gasteiger partial charge on any atom is 0.263 e. The first-order chi connectivity index (χ1) is 8.13. The monoisotopic (exact) mass is 251 g/mol. The molecule has 5 nitrogen and oxygen atoms in total. The Labute approximate surface area is 102 Å². The summed E-state index contributed by atoms with van der Waals surface area (Å²) in [5.41, 5.74) is 6.93. The number of hydrogen-bond donors (Lipinski definition) is 3. The minimum Gasteiger partial charge on any atom is -0.396 e. The van der Waals surface area contributed by atoms with Crippen LogP contribution in [0.1, 0.15) is 16.6 Å². The topological polar surface area (TPSA) is 88.2 Å². The smallest absolute Gasteiger partial charge is 0.263 e. The van der Waals surface area contributed by atoms with Crippen LogP contribution in [-0.4, -0.2) is 28.6 Å². The zero-order chi connectivity index (χ0) is 12.4. The molecule has 0 bridgehead atoms. The van der Waals surface area contributed by atoms with Gasteiger partial charge in [-0.3, -0.25) is 9.78 Å². The van der Waals surface area contributed by atoms with Crippen LogP contribution < -0.4 is 11.1 Å². The number of nitrogens with two attached hydrogens (primary N) is 1. The number of thiophene rings is 1. The minimum atomic E-state index is -0.292. The fourth-order valence-corrected chi connectivity index (χ4v) is 2.44. The Kier molecular flexibility index (Phi) is 3.26. The van der Waals surface area contributed by atoms with Gasteiger partial charge in [0, 0.05) is 12.2 Å². The van der Waals surface area contributed by atoms with E-state index in [9.17, 15) is 4.79 Å². The highest BCUT2D eigenvalue weighted by Gasteiger charge is 2.18. The highest BCUT2D eigenvalue weighted by atomic mass is 32.1. The Morgan fingerprint density at radius 2 is 2.47 bits per heavy atom. The van der Waals surface area contributed by atoms with E-state index in [-0.39, 0.29) is 18.6 Å². The van der Waals surface area contributed by atoms with Gasteiger partial charge in [0.25, 0.3) is 5.91 Å². The SMILES string of the molecule is CC(CO)NC(=O)c1sc2cccnc2c1N. The van der Waals surface area contributed by atoms with Crippen LogP contribution in [-0.2, 0) is 0 Å². The second-order valence-corrected chi connectivity index (χ2v) is 4.80. The van der Waals surface area contributed by atoms with E-state index in [2.05, 4.69) is 10.3 Å². The lowest BCUT2D eigenvalue weighted by Gasteiger charge is -2.09. The molecule has 0 aliphatic rings. The molecule has 0 aliphatic carbocycles. The van der Waals surface area contributed by atoms with Crippen LogP contribution in [0.4, 0.5) is 5.69 Å². The fourth-order valence-electron chi connectivity index (χ4n) is 1.45. The van der Waals surface area contributed by atoms with Gasteiger partial charge in [-0.15, -0.1) is 11.3 Å². The van der Waals surface area contributed by atoms with Crippen molar-refractivity contribution < 1.29 is 9.90 Å². The largest absolute Gasteiger partial charge is 0.396 e. The molecule has 0 fully saturated rings. The van der Waals surface area contributed by atoms with E-state index in [0.29, 0.717) is 16.1 Å². The third-order valence-electron chi connectivity index (χ3n) is 2.34. The number of pyridine rings is 1. The van der Waals surface area contributed by atoms with E-state index in [1.807, 2.05) is 6.07 Å². The Bertz CT molecular complexity index is 553. The van der Waals surface area contributed by atoms with E-state index in [0.717, 1.165) is 4.70 Å². The summed E-state index contributed by atoms with van der Waals surface area (Å²) < 4.78 is 0.881. The molecule has 0 saturated heterocycles. The molecule has 1 amide bonds. The molecule has 2 rings (SSSR count). The van der Waals surface area contributed by atoms with Gasteiger partial charge in [-0.1, -0.05) is 0 Å². The summed E-state index contributed by atoms with van der Waals surface area (Å²) in [5, 5.41) is 11.5. The summed E-state index contributed by atoms with van der Waals surface area (Å²) in [6.07, 6.45) is 1.64. The Hall–Kier alpha value is -1.66. The predicted octanol–water partition coefficient (Wildman–Crippen LogP) is 0.989. The van der Waals surface area contributed by atoms with Gasteiger partial charge in [-0.2, -0.15) is 0 Å². The van der Waals surface area contributed by atoms with Gasteiger partial charge in [0.2, 0.25) is 0 Å². The molecule has 17 heavy (non-hydrogen) atoms. The number of anilines is 1. The zero-order valence-corrected chi connectivity index (χ0v) is 10.1. The van der Waals surface area contributed by atoms with Crippen LogP contribution >= 0.6 is 11.3 Å². The molecule has 1 unspecified atom stereocenters. The highest BCUT2D eigenvalue weighted by Crippen LogP contribution is 2.31. The number of nitrogens with one attached hydrogen (secondary N) is 1. The predicted molar refractivity (Wildman–Crippen MR) is 68.0 cm³/mol. The van der Waals surface area contributed by atoms with Crippen LogP contribution in [0.5, 0.6) is 0 Å². The number of nitrogens with zero attached hydrogens (tertiary/aromatic N) is 1. The normalized spacial score (nSPS) is 12.6. The molecular formula is C11H13N3O2S. The molecular weight excluding hydrogens is 238 g/mol. The van der Waals surface area contributed by atoms with Gasteiger partial charge in [0.15, 0.2) is 0 Å². The van der Waals surface area contributed by atoms with Crippen molar-refractivity contribution in [1.29, 1.82) is 0 Å². The molecule has 2 heterocycles. The Balaban J connectivity index is 2.35. The number of amides is 1. The summed E-state index contributed by atoms with van der Waals surface area (Å²) in [6.45, 7) is 1.62. The molecule has 2 aromatic heterocycles. The first-order valence-corrected chi connectivity index (χ1v) is 6.00. The van der Waals surface area contributed by atoms with Crippen molar-refractivity contribution in [3.8, 4) is 0 Å². The summed E-state index contributed by atoms with van der Waals surface area (Å²) in [6, 6.07) is 3.38. The molecule has 90 valence electrons. The molecule has 6 heteroatoms. The molecule has 0 aliphatic heterocycles. The molecule has 2 aromatic rings. The van der Waals surface area contributed by atoms with Crippen molar-refractivity contribution in [2.24, 2.45) is 0 Å². The molecule has 0 radical (unpaired) electrons. The second-order valence-electron chi connectivity index (χ2n) is 3.75. The number of fused-ring (bicyclic) bond motifs is 1. The van der Waals surface area contributed by atoms with Crippen LogP contribution in [0, 0.1) is 0 Å². The quantitative estimate of drug-likeness (QED) is 0.759. The van der Waals surface area contributed by atoms with Gasteiger partial charge < -0.3 is 16.2 Å². The number of carbonyl (C=O) groups excluding carboxylic acids is 1. The summed E-state index contributed by atoms with van der Waals surface area (Å²) in [5.74, 6) is -0.271. The minimum absolute atomic E-state index is 0.102. The summed E-state index contributed by atoms with van der Waals surface area (Å²) in [4.78, 5) is 16.5. The van der Waals surface area contributed by atoms with Crippen LogP contribution in [0.25, 0.3) is 10.2 Å². The van der Waals surface area contributed by atoms with E-state index >= 15 is 0 Å². The van der Waals surface area contributed by atoms with Gasteiger partial charge in [-0.05, 0) is 19.1 Å². The number of aliphatic hydroxyl groups is 1. The Morgan fingerprint density at radius 3 is 3.12 bits per heavy atom. The lowest BCUT2D eigenvalue weighted by atomic mass is 10.3. The number of aromatic nitrogens is 1. The number of carbonyl (C=O) groups is 1. The van der Waals surface area contributed by atoms with Gasteiger partial charge in [-0.25, -0.2) is 0 Å². The lowest BCUT2D eigenvalue weighted by Crippen LogP contribution is -2.34. The second kappa shape index (κ2) is 4.68. The van der Waals surface area contributed by atoms with Crippen molar-refractivity contribution in [2.75, 3.05) is 12.3 Å². The molecule has 0 spiro atoms. The van der Waals surface area contributed by atoms with Crippen molar-refractivity contribution >= 4 is 33.1 Å². The molecule has 4 N–H and O–H groups in total. The molecule has 1 atom stereocenters. The van der Waals surface area contributed by atoms with Crippen LogP contribution in [0.3, 0.4) is 0 Å². The molecule has 0 saturated carbocycles. The zero-order valence-electron chi connectivity index (χ0n) is 9.30. The fraction of sp³-hybridized carbons (Fsp3) is 0.273. The third kappa shape index (κ3) is 2.22. The molecule has 0 aromatic carbocycles. The van der Waals surface area contributed by atoms with Gasteiger partial charge in [0.1, 0.15) is 10.4 Å². The average molecular weight is 251 g/mol. The first kappa shape index (κ1) is 11.8. The number of hydrogen-bond acceptors (Lipinski definition) is 5. The third-order valence-corrected chi connectivity index (χ3v) is 3.50. The number of nitrogen functional groups attached to an aromatic ring is 1.